The molecule has 0 heterocycles. The molecule has 1 rings (SSSR count). The summed E-state index contributed by atoms with van der Waals surface area (Å²) in [6.45, 7) is 0. The van der Waals surface area contributed by atoms with Crippen molar-refractivity contribution in [2.24, 2.45) is 0 Å². The molecule has 0 N–H and O–H groups in total. The van der Waals surface area contributed by atoms with Crippen LogP contribution in [0.15, 0.2) is 23.8 Å². The van der Waals surface area contributed by atoms with E-state index in [9.17, 15) is 0 Å². The van der Waals surface area contributed by atoms with Gasteiger partial charge in [-0.15, -0.1) is 0 Å². The smallest absolute Gasteiger partial charge is 0.00327 e. The maximum Gasteiger partial charge on any atom is 0.00327 e. The average Bonchev–Trinajstić information content (AvgIpc) is 1.91. The van der Waals surface area contributed by atoms with Crippen molar-refractivity contribution in [3.05, 3.63) is 23.8 Å². The van der Waals surface area contributed by atoms with Crippen LogP contribution < -0.4 is 0 Å². The average molecular weight is 234 g/mol. The summed E-state index contributed by atoms with van der Waals surface area (Å²) in [4.78, 5) is 0. The third-order valence-electron chi connectivity index (χ3n) is 1.52. The summed E-state index contributed by atoms with van der Waals surface area (Å²) in [5, 5.41) is 0. The summed E-state index contributed by atoms with van der Waals surface area (Å²) in [5.74, 6) is 0. The van der Waals surface area contributed by atoms with E-state index in [1.54, 1.807) is 5.57 Å². The monoisotopic (exact) mass is 234 g/mol. The largest absolute Gasteiger partial charge is 0.0860 e. The Balaban J connectivity index is 2.38. The lowest BCUT2D eigenvalue weighted by Crippen LogP contribution is -1.87. The lowest BCUT2D eigenvalue weighted by molar-refractivity contribution is 0.905. The fraction of sp³-hybridized carbons (Fsp3) is 0.500. The molecule has 1 aliphatic carbocycles. The molecule has 1 aliphatic rings. The molecule has 0 aromatic carbocycles. The van der Waals surface area contributed by atoms with E-state index in [0.29, 0.717) is 0 Å². The van der Waals surface area contributed by atoms with Crippen LogP contribution in [-0.2, 0) is 0 Å². The minimum atomic E-state index is 1.25. The van der Waals surface area contributed by atoms with E-state index in [1.165, 1.54) is 23.7 Å². The lowest BCUT2D eigenvalue weighted by Gasteiger charge is -2.05. The number of alkyl halides is 1. The Hall–Kier alpha value is 0.210. The standard InChI is InChI=1S/C8H11I/c9-7-6-8-4-2-1-3-5-8/h1-2,4H,3,5-7H2. The molecule has 0 aromatic heterocycles. The van der Waals surface area contributed by atoms with Crippen LogP contribution >= 0.6 is 22.6 Å². The normalized spacial score (nSPS) is 17.7. The van der Waals surface area contributed by atoms with Crippen LogP contribution in [0, 0.1) is 0 Å². The first-order valence-corrected chi connectivity index (χ1v) is 4.86. The van der Waals surface area contributed by atoms with E-state index in [-0.39, 0.29) is 0 Å². The van der Waals surface area contributed by atoms with Gasteiger partial charge in [-0.3, -0.25) is 0 Å². The van der Waals surface area contributed by atoms with Gasteiger partial charge in [0.1, 0.15) is 0 Å². The van der Waals surface area contributed by atoms with Gasteiger partial charge in [0.05, 0.1) is 0 Å². The van der Waals surface area contributed by atoms with Gasteiger partial charge in [0, 0.05) is 4.43 Å². The van der Waals surface area contributed by atoms with Crippen molar-refractivity contribution in [1.82, 2.24) is 0 Å². The number of hydrogen-bond acceptors (Lipinski definition) is 0. The molecule has 0 nitrogen and oxygen atoms in total. The van der Waals surface area contributed by atoms with Gasteiger partial charge in [-0.2, -0.15) is 0 Å². The predicted molar refractivity (Wildman–Crippen MR) is 50.0 cm³/mol. The van der Waals surface area contributed by atoms with Crippen LogP contribution in [0.5, 0.6) is 0 Å². The molecule has 0 aromatic rings. The zero-order valence-corrected chi connectivity index (χ0v) is 7.60. The van der Waals surface area contributed by atoms with E-state index < -0.39 is 0 Å². The minimum absolute atomic E-state index is 1.25. The zero-order chi connectivity index (χ0) is 6.53. The van der Waals surface area contributed by atoms with Gasteiger partial charge in [0.25, 0.3) is 0 Å². The summed E-state index contributed by atoms with van der Waals surface area (Å²) < 4.78 is 1.26. The van der Waals surface area contributed by atoms with Crippen molar-refractivity contribution in [2.75, 3.05) is 4.43 Å². The Morgan fingerprint density at radius 1 is 1.56 bits per heavy atom. The summed E-state index contributed by atoms with van der Waals surface area (Å²) in [6.07, 6.45) is 10.5. The maximum absolute atomic E-state index is 2.42. The van der Waals surface area contributed by atoms with Crippen molar-refractivity contribution in [3.63, 3.8) is 0 Å². The number of hydrogen-bond donors (Lipinski definition) is 0. The first-order valence-electron chi connectivity index (χ1n) is 3.34. The topological polar surface area (TPSA) is 0 Å². The number of rotatable bonds is 2. The van der Waals surface area contributed by atoms with Crippen LogP contribution in [0.3, 0.4) is 0 Å². The highest BCUT2D eigenvalue weighted by atomic mass is 127. The molecule has 0 bridgehead atoms. The van der Waals surface area contributed by atoms with E-state index in [2.05, 4.69) is 40.8 Å². The van der Waals surface area contributed by atoms with Crippen LogP contribution in [-0.4, -0.2) is 4.43 Å². The molecule has 0 saturated carbocycles. The van der Waals surface area contributed by atoms with Crippen LogP contribution in [0.2, 0.25) is 0 Å². The quantitative estimate of drug-likeness (QED) is 0.508. The molecule has 0 amide bonds. The second-order valence-electron chi connectivity index (χ2n) is 2.23. The van der Waals surface area contributed by atoms with Crippen molar-refractivity contribution >= 4 is 22.6 Å². The Labute approximate surface area is 70.2 Å². The molecule has 0 fully saturated rings. The molecular weight excluding hydrogens is 223 g/mol. The molecule has 0 aliphatic heterocycles. The van der Waals surface area contributed by atoms with Gasteiger partial charge in [0.15, 0.2) is 0 Å². The van der Waals surface area contributed by atoms with Crippen LogP contribution in [0.4, 0.5) is 0 Å². The van der Waals surface area contributed by atoms with Crippen molar-refractivity contribution in [2.45, 2.75) is 19.3 Å². The fourth-order valence-corrected chi connectivity index (χ4v) is 1.67. The second-order valence-corrected chi connectivity index (χ2v) is 3.31. The lowest BCUT2D eigenvalue weighted by atomic mass is 10.0. The molecular formula is C8H11I. The SMILES string of the molecule is ICCC1=CC=CCC1. The Bertz CT molecular complexity index is 134. The summed E-state index contributed by atoms with van der Waals surface area (Å²) >= 11 is 2.42. The maximum atomic E-state index is 2.42. The van der Waals surface area contributed by atoms with E-state index in [4.69, 9.17) is 0 Å². The molecule has 0 atom stereocenters. The highest BCUT2D eigenvalue weighted by Crippen LogP contribution is 2.15. The van der Waals surface area contributed by atoms with E-state index in [1.807, 2.05) is 0 Å². The zero-order valence-electron chi connectivity index (χ0n) is 5.44. The minimum Gasteiger partial charge on any atom is -0.0860 e. The predicted octanol–water partition coefficient (Wildman–Crippen LogP) is 3.09. The van der Waals surface area contributed by atoms with Crippen molar-refractivity contribution in [1.29, 1.82) is 0 Å². The summed E-state index contributed by atoms with van der Waals surface area (Å²) in [7, 11) is 0. The van der Waals surface area contributed by atoms with Gasteiger partial charge in [-0.1, -0.05) is 46.4 Å². The number of allylic oxidation sites excluding steroid dienone is 4. The third kappa shape index (κ3) is 2.52. The molecule has 50 valence electrons. The third-order valence-corrected chi connectivity index (χ3v) is 2.06. The highest BCUT2D eigenvalue weighted by Gasteiger charge is 1.96. The Kier molecular flexibility index (Phi) is 3.33. The van der Waals surface area contributed by atoms with E-state index >= 15 is 0 Å². The molecule has 1 heteroatoms. The van der Waals surface area contributed by atoms with Crippen molar-refractivity contribution in [3.8, 4) is 0 Å². The number of halogens is 1. The summed E-state index contributed by atoms with van der Waals surface area (Å²) in [6, 6.07) is 0. The van der Waals surface area contributed by atoms with Crippen LogP contribution in [0.1, 0.15) is 19.3 Å². The first kappa shape index (κ1) is 7.32. The Morgan fingerprint density at radius 2 is 2.44 bits per heavy atom. The van der Waals surface area contributed by atoms with Gasteiger partial charge < -0.3 is 0 Å². The van der Waals surface area contributed by atoms with Gasteiger partial charge in [-0.05, 0) is 19.3 Å². The molecule has 0 radical (unpaired) electrons. The van der Waals surface area contributed by atoms with Crippen molar-refractivity contribution < 1.29 is 0 Å². The molecule has 0 spiro atoms. The summed E-state index contributed by atoms with van der Waals surface area (Å²) in [5.41, 5.74) is 1.62. The van der Waals surface area contributed by atoms with Crippen LogP contribution in [0.25, 0.3) is 0 Å². The van der Waals surface area contributed by atoms with Gasteiger partial charge in [0.2, 0.25) is 0 Å². The molecule has 0 unspecified atom stereocenters. The second kappa shape index (κ2) is 4.09. The Morgan fingerprint density at radius 3 is 3.00 bits per heavy atom. The highest BCUT2D eigenvalue weighted by molar-refractivity contribution is 14.1. The van der Waals surface area contributed by atoms with Gasteiger partial charge >= 0.3 is 0 Å². The molecule has 9 heavy (non-hydrogen) atoms. The van der Waals surface area contributed by atoms with E-state index in [0.717, 1.165) is 0 Å². The first-order chi connectivity index (χ1) is 4.43. The molecule has 0 saturated heterocycles. The fourth-order valence-electron chi connectivity index (χ4n) is 0.982. The van der Waals surface area contributed by atoms with Gasteiger partial charge in [-0.25, -0.2) is 0 Å².